The van der Waals surface area contributed by atoms with Crippen LogP contribution in [0.15, 0.2) is 18.2 Å². The Morgan fingerprint density at radius 1 is 1.24 bits per heavy atom. The van der Waals surface area contributed by atoms with Gasteiger partial charge in [-0.05, 0) is 50.2 Å². The molecule has 4 atom stereocenters. The van der Waals surface area contributed by atoms with E-state index in [9.17, 15) is 13.2 Å². The summed E-state index contributed by atoms with van der Waals surface area (Å²) in [4.78, 5) is 12.6. The first-order chi connectivity index (χ1) is 11.6. The fourth-order valence-corrected chi connectivity index (χ4v) is 4.94. The molecule has 4 nitrogen and oxygen atoms in total. The summed E-state index contributed by atoms with van der Waals surface area (Å²) in [5, 5.41) is 1.97. The molecule has 0 spiro atoms. The van der Waals surface area contributed by atoms with Crippen LogP contribution in [0.2, 0.25) is 0 Å². The molecular weight excluding hydrogens is 334 g/mol. The van der Waals surface area contributed by atoms with Crippen molar-refractivity contribution in [1.82, 2.24) is 5.32 Å². The normalized spacial score (nSPS) is 25.4. The maximum Gasteiger partial charge on any atom is 0.238 e. The van der Waals surface area contributed by atoms with Crippen molar-refractivity contribution in [3.8, 4) is 0 Å². The molecule has 0 heterocycles. The SMILES string of the molecule is Cc1ccc(C)c(CS(=O)(=O)[C@H](C)C(=O)N[C@@H]2CCC[C@@H](C)[C@@H]2C)c1. The molecule has 1 aromatic rings. The molecule has 0 aliphatic heterocycles. The van der Waals surface area contributed by atoms with Crippen LogP contribution in [-0.2, 0) is 20.4 Å². The number of hydrogen-bond acceptors (Lipinski definition) is 3. The van der Waals surface area contributed by atoms with E-state index in [1.807, 2.05) is 32.0 Å². The average molecular weight is 366 g/mol. The largest absolute Gasteiger partial charge is 0.352 e. The van der Waals surface area contributed by atoms with Crippen LogP contribution in [0.4, 0.5) is 0 Å². The maximum absolute atomic E-state index is 12.7. The maximum atomic E-state index is 12.7. The quantitative estimate of drug-likeness (QED) is 0.868. The number of sulfone groups is 1. The highest BCUT2D eigenvalue weighted by atomic mass is 32.2. The van der Waals surface area contributed by atoms with Gasteiger partial charge in [0.2, 0.25) is 5.91 Å². The molecule has 1 N–H and O–H groups in total. The van der Waals surface area contributed by atoms with Gasteiger partial charge in [0.05, 0.1) is 5.75 Å². The third-order valence-electron chi connectivity index (χ3n) is 5.80. The van der Waals surface area contributed by atoms with E-state index < -0.39 is 15.1 Å². The lowest BCUT2D eigenvalue weighted by Gasteiger charge is -2.35. The zero-order valence-corrected chi connectivity index (χ0v) is 16.8. The van der Waals surface area contributed by atoms with Gasteiger partial charge in [-0.1, -0.05) is 50.5 Å². The van der Waals surface area contributed by atoms with Gasteiger partial charge in [0, 0.05) is 6.04 Å². The molecule has 0 unspecified atom stereocenters. The molecule has 1 aliphatic rings. The fraction of sp³-hybridized carbons (Fsp3) is 0.650. The van der Waals surface area contributed by atoms with E-state index in [2.05, 4.69) is 19.2 Å². The molecule has 140 valence electrons. The molecule has 1 saturated carbocycles. The molecule has 1 aliphatic carbocycles. The zero-order chi connectivity index (χ0) is 18.8. The average Bonchev–Trinajstić information content (AvgIpc) is 2.54. The van der Waals surface area contributed by atoms with Crippen LogP contribution in [0.25, 0.3) is 0 Å². The summed E-state index contributed by atoms with van der Waals surface area (Å²) in [7, 11) is -3.55. The Kier molecular flexibility index (Phi) is 6.30. The highest BCUT2D eigenvalue weighted by molar-refractivity contribution is 7.92. The summed E-state index contributed by atoms with van der Waals surface area (Å²) < 4.78 is 25.5. The molecule has 1 amide bonds. The van der Waals surface area contributed by atoms with Crippen LogP contribution >= 0.6 is 0 Å². The van der Waals surface area contributed by atoms with Crippen LogP contribution in [0, 0.1) is 25.7 Å². The Hall–Kier alpha value is -1.36. The van der Waals surface area contributed by atoms with Crippen molar-refractivity contribution in [2.45, 2.75) is 70.9 Å². The summed E-state index contributed by atoms with van der Waals surface area (Å²) in [6.45, 7) is 9.69. The first kappa shape index (κ1) is 20.0. The molecule has 0 radical (unpaired) electrons. The van der Waals surface area contributed by atoms with Crippen LogP contribution in [0.1, 0.15) is 56.7 Å². The number of benzene rings is 1. The summed E-state index contributed by atoms with van der Waals surface area (Å²) in [5.41, 5.74) is 2.74. The summed E-state index contributed by atoms with van der Waals surface area (Å²) >= 11 is 0. The number of aryl methyl sites for hydroxylation is 2. The van der Waals surface area contributed by atoms with Gasteiger partial charge in [0.15, 0.2) is 9.84 Å². The van der Waals surface area contributed by atoms with Crippen molar-refractivity contribution in [2.75, 3.05) is 0 Å². The topological polar surface area (TPSA) is 63.2 Å². The lowest BCUT2D eigenvalue weighted by atomic mass is 9.78. The minimum absolute atomic E-state index is 0.0783. The minimum Gasteiger partial charge on any atom is -0.352 e. The van der Waals surface area contributed by atoms with Gasteiger partial charge >= 0.3 is 0 Å². The van der Waals surface area contributed by atoms with E-state index in [1.54, 1.807) is 0 Å². The number of carbonyl (C=O) groups excluding carboxylic acids is 1. The van der Waals surface area contributed by atoms with Gasteiger partial charge in [-0.25, -0.2) is 8.42 Å². The lowest BCUT2D eigenvalue weighted by molar-refractivity contribution is -0.121. The standard InChI is InChI=1S/C20H31NO3S/c1-13-9-10-15(3)18(11-13)12-25(23,24)17(5)20(22)21-19-8-6-7-14(2)16(19)4/h9-11,14,16-17,19H,6-8,12H2,1-5H3,(H,21,22)/t14-,16+,17-,19-/m1/s1. The van der Waals surface area contributed by atoms with Crippen molar-refractivity contribution in [1.29, 1.82) is 0 Å². The lowest BCUT2D eigenvalue weighted by Crippen LogP contribution is -2.48. The van der Waals surface area contributed by atoms with Crippen molar-refractivity contribution in [2.24, 2.45) is 11.8 Å². The molecule has 0 bridgehead atoms. The van der Waals surface area contributed by atoms with Gasteiger partial charge in [-0.15, -0.1) is 0 Å². The Morgan fingerprint density at radius 3 is 2.60 bits per heavy atom. The summed E-state index contributed by atoms with van der Waals surface area (Å²) in [5.74, 6) is 0.481. The van der Waals surface area contributed by atoms with Gasteiger partial charge < -0.3 is 5.32 Å². The van der Waals surface area contributed by atoms with Gasteiger partial charge in [0.1, 0.15) is 5.25 Å². The second-order valence-electron chi connectivity index (χ2n) is 7.76. The van der Waals surface area contributed by atoms with Crippen molar-refractivity contribution in [3.63, 3.8) is 0 Å². The van der Waals surface area contributed by atoms with Crippen LogP contribution in [0.5, 0.6) is 0 Å². The van der Waals surface area contributed by atoms with Gasteiger partial charge in [0.25, 0.3) is 0 Å². The molecule has 1 aromatic carbocycles. The Balaban J connectivity index is 2.08. The first-order valence-corrected chi connectivity index (χ1v) is 10.9. The number of nitrogens with one attached hydrogen (secondary N) is 1. The van der Waals surface area contributed by atoms with E-state index in [0.717, 1.165) is 29.5 Å². The molecule has 0 saturated heterocycles. The number of rotatable bonds is 5. The third-order valence-corrected chi connectivity index (χ3v) is 7.81. The minimum atomic E-state index is -3.55. The third kappa shape index (κ3) is 4.84. The van der Waals surface area contributed by atoms with Crippen LogP contribution in [-0.4, -0.2) is 25.6 Å². The predicted molar refractivity (Wildman–Crippen MR) is 102 cm³/mol. The van der Waals surface area contributed by atoms with E-state index in [0.29, 0.717) is 11.8 Å². The smallest absolute Gasteiger partial charge is 0.238 e. The van der Waals surface area contributed by atoms with Crippen LogP contribution in [0.3, 0.4) is 0 Å². The number of carbonyl (C=O) groups is 1. The van der Waals surface area contributed by atoms with Crippen LogP contribution < -0.4 is 5.32 Å². The van der Waals surface area contributed by atoms with E-state index in [-0.39, 0.29) is 17.7 Å². The summed E-state index contributed by atoms with van der Waals surface area (Å²) in [6, 6.07) is 5.86. The zero-order valence-electron chi connectivity index (χ0n) is 16.0. The van der Waals surface area contributed by atoms with E-state index in [4.69, 9.17) is 0 Å². The molecule has 0 aromatic heterocycles. The first-order valence-electron chi connectivity index (χ1n) is 9.20. The molecule has 1 fully saturated rings. The Labute approximate surface area is 152 Å². The molecular formula is C20H31NO3S. The van der Waals surface area contributed by atoms with E-state index in [1.165, 1.54) is 13.3 Å². The number of amides is 1. The van der Waals surface area contributed by atoms with E-state index >= 15 is 0 Å². The monoisotopic (exact) mass is 365 g/mol. The molecule has 2 rings (SSSR count). The second kappa shape index (κ2) is 7.90. The van der Waals surface area contributed by atoms with Gasteiger partial charge in [-0.2, -0.15) is 0 Å². The Morgan fingerprint density at radius 2 is 1.92 bits per heavy atom. The highest BCUT2D eigenvalue weighted by Crippen LogP contribution is 2.29. The van der Waals surface area contributed by atoms with Crippen molar-refractivity contribution >= 4 is 15.7 Å². The Bertz CT molecular complexity index is 726. The van der Waals surface area contributed by atoms with Crippen molar-refractivity contribution < 1.29 is 13.2 Å². The molecule has 5 heteroatoms. The second-order valence-corrected chi connectivity index (χ2v) is 10.1. The van der Waals surface area contributed by atoms with Crippen molar-refractivity contribution in [3.05, 3.63) is 34.9 Å². The fourth-order valence-electron chi connectivity index (χ4n) is 3.55. The van der Waals surface area contributed by atoms with Gasteiger partial charge in [-0.3, -0.25) is 4.79 Å². The highest BCUT2D eigenvalue weighted by Gasteiger charge is 2.33. The number of hydrogen-bond donors (Lipinski definition) is 1. The predicted octanol–water partition coefficient (Wildman–Crippen LogP) is 3.55. The molecule has 25 heavy (non-hydrogen) atoms. The summed E-state index contributed by atoms with van der Waals surface area (Å²) in [6.07, 6.45) is 3.19.